The third-order valence-electron chi connectivity index (χ3n) is 3.45. The van der Waals surface area contributed by atoms with E-state index in [0.717, 1.165) is 38.6 Å². The lowest BCUT2D eigenvalue weighted by Crippen LogP contribution is -2.45. The molecule has 0 spiro atoms. The second kappa shape index (κ2) is 11.7. The number of likely N-dealkylation sites (tertiary alicyclic amines) is 1. The molecule has 1 aliphatic heterocycles. The number of hydrogen-bond acceptors (Lipinski definition) is 3. The first-order valence-electron chi connectivity index (χ1n) is 6.99. The normalized spacial score (nSPS) is 20.2. The number of nitrogens with zero attached hydrogens (tertiary/aromatic N) is 2. The summed E-state index contributed by atoms with van der Waals surface area (Å²) in [7, 11) is 3.55. The lowest BCUT2D eigenvalue weighted by molar-refractivity contribution is 0.195. The molecule has 0 radical (unpaired) electrons. The van der Waals surface area contributed by atoms with Gasteiger partial charge in [0.15, 0.2) is 5.96 Å². The van der Waals surface area contributed by atoms with Crippen molar-refractivity contribution in [2.24, 2.45) is 4.99 Å². The molecule has 0 aromatic heterocycles. The molecule has 1 rings (SSSR count). The molecule has 5 nitrogen and oxygen atoms in total. The Morgan fingerprint density at radius 2 is 2.21 bits per heavy atom. The van der Waals surface area contributed by atoms with Crippen molar-refractivity contribution in [2.75, 3.05) is 46.9 Å². The van der Waals surface area contributed by atoms with Crippen molar-refractivity contribution in [3.05, 3.63) is 0 Å². The van der Waals surface area contributed by atoms with Crippen LogP contribution < -0.4 is 10.6 Å². The molecule has 1 saturated heterocycles. The molecule has 1 aliphatic rings. The van der Waals surface area contributed by atoms with Gasteiger partial charge in [0.05, 0.1) is 0 Å². The molecule has 2 N–H and O–H groups in total. The molecule has 0 aromatic carbocycles. The fraction of sp³-hybridized carbons (Fsp3) is 0.923. The van der Waals surface area contributed by atoms with Crippen molar-refractivity contribution in [1.29, 1.82) is 0 Å². The van der Waals surface area contributed by atoms with Gasteiger partial charge in [-0.25, -0.2) is 0 Å². The van der Waals surface area contributed by atoms with Crippen LogP contribution in [0.2, 0.25) is 0 Å². The number of methoxy groups -OCH3 is 1. The molecule has 0 amide bonds. The first kappa shape index (κ1) is 18.9. The number of likely N-dealkylation sites (N-methyl/N-ethyl adjacent to an activating group) is 1. The van der Waals surface area contributed by atoms with Gasteiger partial charge >= 0.3 is 0 Å². The molecule has 0 saturated carbocycles. The Morgan fingerprint density at radius 3 is 2.84 bits per heavy atom. The van der Waals surface area contributed by atoms with E-state index in [1.807, 2.05) is 7.05 Å². The molecule has 1 atom stereocenters. The second-order valence-corrected chi connectivity index (χ2v) is 4.65. The van der Waals surface area contributed by atoms with E-state index < -0.39 is 0 Å². The molecular weight excluding hydrogens is 355 g/mol. The number of ether oxygens (including phenoxy) is 1. The Hall–Kier alpha value is -0.0800. The van der Waals surface area contributed by atoms with Gasteiger partial charge in [0, 0.05) is 39.9 Å². The summed E-state index contributed by atoms with van der Waals surface area (Å²) in [4.78, 5) is 6.77. The molecule has 6 heteroatoms. The molecule has 1 fully saturated rings. The SMILES string of the molecule is CCN1CCCC1CNC(=NC)NCCCOC.I. The van der Waals surface area contributed by atoms with Crippen LogP contribution in [0, 0.1) is 0 Å². The van der Waals surface area contributed by atoms with E-state index in [2.05, 4.69) is 27.4 Å². The first-order chi connectivity index (χ1) is 8.81. The first-order valence-corrected chi connectivity index (χ1v) is 6.99. The molecule has 0 aliphatic carbocycles. The van der Waals surface area contributed by atoms with Gasteiger partial charge in [-0.15, -0.1) is 24.0 Å². The summed E-state index contributed by atoms with van der Waals surface area (Å²) in [5.41, 5.74) is 0. The number of rotatable bonds is 7. The highest BCUT2D eigenvalue weighted by Crippen LogP contribution is 2.15. The van der Waals surface area contributed by atoms with Crippen molar-refractivity contribution in [3.63, 3.8) is 0 Å². The van der Waals surface area contributed by atoms with Crippen molar-refractivity contribution in [1.82, 2.24) is 15.5 Å². The number of aliphatic imine (C=N–C) groups is 1. The van der Waals surface area contributed by atoms with Crippen molar-refractivity contribution in [3.8, 4) is 0 Å². The predicted octanol–water partition coefficient (Wildman–Crippen LogP) is 1.29. The Bertz CT molecular complexity index is 251. The molecule has 0 bridgehead atoms. The van der Waals surface area contributed by atoms with Crippen LogP contribution in [-0.2, 0) is 4.74 Å². The Balaban J connectivity index is 0.00000324. The number of nitrogens with one attached hydrogen (secondary N) is 2. The van der Waals surface area contributed by atoms with Crippen molar-refractivity contribution >= 4 is 29.9 Å². The van der Waals surface area contributed by atoms with Gasteiger partial charge in [0.2, 0.25) is 0 Å². The average Bonchev–Trinajstić information content (AvgIpc) is 2.85. The van der Waals surface area contributed by atoms with Crippen LogP contribution in [-0.4, -0.2) is 63.8 Å². The standard InChI is InChI=1S/C13H28N4O.HI/c1-4-17-9-5-7-12(17)11-16-13(14-2)15-8-6-10-18-3;/h12H,4-11H2,1-3H3,(H2,14,15,16);1H. The minimum atomic E-state index is 0. The predicted molar refractivity (Wildman–Crippen MR) is 91.5 cm³/mol. The van der Waals surface area contributed by atoms with Gasteiger partial charge in [-0.05, 0) is 32.4 Å². The van der Waals surface area contributed by atoms with E-state index in [9.17, 15) is 0 Å². The maximum atomic E-state index is 5.02. The van der Waals surface area contributed by atoms with Gasteiger partial charge in [0.25, 0.3) is 0 Å². The van der Waals surface area contributed by atoms with Crippen LogP contribution in [0.1, 0.15) is 26.2 Å². The van der Waals surface area contributed by atoms with Crippen LogP contribution in [0.4, 0.5) is 0 Å². The average molecular weight is 384 g/mol. The summed E-state index contributed by atoms with van der Waals surface area (Å²) in [5, 5.41) is 6.71. The van der Waals surface area contributed by atoms with E-state index >= 15 is 0 Å². The zero-order valence-electron chi connectivity index (χ0n) is 12.4. The van der Waals surface area contributed by atoms with Crippen LogP contribution in [0.25, 0.3) is 0 Å². The minimum absolute atomic E-state index is 0. The van der Waals surface area contributed by atoms with E-state index in [0.29, 0.717) is 6.04 Å². The van der Waals surface area contributed by atoms with Crippen molar-refractivity contribution in [2.45, 2.75) is 32.2 Å². The molecule has 0 aromatic rings. The van der Waals surface area contributed by atoms with E-state index in [4.69, 9.17) is 4.74 Å². The lowest BCUT2D eigenvalue weighted by Gasteiger charge is -2.23. The monoisotopic (exact) mass is 384 g/mol. The zero-order chi connectivity index (χ0) is 13.2. The quantitative estimate of drug-likeness (QED) is 0.301. The molecule has 1 unspecified atom stereocenters. The van der Waals surface area contributed by atoms with E-state index in [-0.39, 0.29) is 24.0 Å². The van der Waals surface area contributed by atoms with Gasteiger partial charge in [-0.3, -0.25) is 9.89 Å². The third kappa shape index (κ3) is 7.31. The summed E-state index contributed by atoms with van der Waals surface area (Å²) in [6, 6.07) is 0.660. The van der Waals surface area contributed by atoms with Crippen LogP contribution in [0.3, 0.4) is 0 Å². The fourth-order valence-electron chi connectivity index (χ4n) is 2.40. The topological polar surface area (TPSA) is 48.9 Å². The smallest absolute Gasteiger partial charge is 0.191 e. The molecular formula is C13H29IN4O. The van der Waals surface area contributed by atoms with Crippen LogP contribution in [0.5, 0.6) is 0 Å². The highest BCUT2D eigenvalue weighted by atomic mass is 127. The Labute approximate surface area is 134 Å². The van der Waals surface area contributed by atoms with Gasteiger partial charge in [-0.1, -0.05) is 6.92 Å². The summed E-state index contributed by atoms with van der Waals surface area (Å²) in [6.45, 7) is 7.29. The zero-order valence-corrected chi connectivity index (χ0v) is 14.8. The maximum absolute atomic E-state index is 5.02. The largest absolute Gasteiger partial charge is 0.385 e. The second-order valence-electron chi connectivity index (χ2n) is 4.65. The van der Waals surface area contributed by atoms with Gasteiger partial charge < -0.3 is 15.4 Å². The van der Waals surface area contributed by atoms with E-state index in [1.165, 1.54) is 19.4 Å². The number of hydrogen-bond donors (Lipinski definition) is 2. The summed E-state index contributed by atoms with van der Waals surface area (Å²) >= 11 is 0. The van der Waals surface area contributed by atoms with Gasteiger partial charge in [-0.2, -0.15) is 0 Å². The third-order valence-corrected chi connectivity index (χ3v) is 3.45. The summed E-state index contributed by atoms with van der Waals surface area (Å²) in [5.74, 6) is 0.897. The number of halogens is 1. The minimum Gasteiger partial charge on any atom is -0.385 e. The summed E-state index contributed by atoms with van der Waals surface area (Å²) < 4.78 is 5.02. The Kier molecular flexibility index (Phi) is 11.7. The molecule has 114 valence electrons. The fourth-order valence-corrected chi connectivity index (χ4v) is 2.40. The van der Waals surface area contributed by atoms with Gasteiger partial charge in [0.1, 0.15) is 0 Å². The summed E-state index contributed by atoms with van der Waals surface area (Å²) in [6.07, 6.45) is 3.61. The Morgan fingerprint density at radius 1 is 1.42 bits per heavy atom. The van der Waals surface area contributed by atoms with Crippen LogP contribution in [0.15, 0.2) is 4.99 Å². The number of guanidine groups is 1. The highest BCUT2D eigenvalue weighted by molar-refractivity contribution is 14.0. The molecule has 1 heterocycles. The molecule has 19 heavy (non-hydrogen) atoms. The van der Waals surface area contributed by atoms with Crippen LogP contribution >= 0.6 is 24.0 Å². The van der Waals surface area contributed by atoms with Crippen molar-refractivity contribution < 1.29 is 4.74 Å². The lowest BCUT2D eigenvalue weighted by atomic mass is 10.2. The highest BCUT2D eigenvalue weighted by Gasteiger charge is 2.22. The van der Waals surface area contributed by atoms with E-state index in [1.54, 1.807) is 7.11 Å². The maximum Gasteiger partial charge on any atom is 0.191 e.